The molecule has 2 saturated heterocycles. The quantitative estimate of drug-likeness (QED) is 0.827. The largest absolute Gasteiger partial charge is 0.401 e. The number of fused-ring (bicyclic) bond motifs is 1. The molecule has 0 N–H and O–H groups in total. The first-order valence-corrected chi connectivity index (χ1v) is 8.48. The van der Waals surface area contributed by atoms with E-state index in [4.69, 9.17) is 0 Å². The maximum atomic E-state index is 13.0. The van der Waals surface area contributed by atoms with Gasteiger partial charge in [0.25, 0.3) is 0 Å². The number of amides is 2. The van der Waals surface area contributed by atoms with Gasteiger partial charge in [-0.3, -0.25) is 14.8 Å². The summed E-state index contributed by atoms with van der Waals surface area (Å²) in [5.41, 5.74) is 0.540. The number of hydrogen-bond donors (Lipinski definition) is 0. The van der Waals surface area contributed by atoms with Crippen LogP contribution in [-0.4, -0.2) is 65.3 Å². The fraction of sp³-hybridized carbons (Fsp3) is 0.389. The third kappa shape index (κ3) is 3.17. The van der Waals surface area contributed by atoms with Gasteiger partial charge in [0.1, 0.15) is 6.04 Å². The number of alkyl halides is 3. The van der Waals surface area contributed by atoms with Crippen LogP contribution in [0.4, 0.5) is 23.7 Å². The molecule has 140 valence electrons. The van der Waals surface area contributed by atoms with Crippen LogP contribution in [0, 0.1) is 11.3 Å². The number of anilines is 1. The van der Waals surface area contributed by atoms with Crippen LogP contribution in [0.1, 0.15) is 0 Å². The van der Waals surface area contributed by atoms with Crippen molar-refractivity contribution >= 4 is 22.5 Å². The van der Waals surface area contributed by atoms with E-state index >= 15 is 0 Å². The molecular formula is C18H16F3N5O. The molecule has 4 rings (SSSR count). The Morgan fingerprint density at radius 1 is 1.19 bits per heavy atom. The highest BCUT2D eigenvalue weighted by atomic mass is 19.4. The highest BCUT2D eigenvalue weighted by molar-refractivity contribution is 6.04. The van der Waals surface area contributed by atoms with E-state index in [-0.39, 0.29) is 31.7 Å². The van der Waals surface area contributed by atoms with Gasteiger partial charge >= 0.3 is 12.2 Å². The van der Waals surface area contributed by atoms with Gasteiger partial charge in [-0.1, -0.05) is 24.3 Å². The van der Waals surface area contributed by atoms with Gasteiger partial charge < -0.3 is 4.90 Å². The molecule has 1 aromatic heterocycles. The van der Waals surface area contributed by atoms with Crippen molar-refractivity contribution in [1.29, 1.82) is 5.26 Å². The van der Waals surface area contributed by atoms with Crippen molar-refractivity contribution in [2.45, 2.75) is 18.3 Å². The Kier molecular flexibility index (Phi) is 4.15. The molecule has 6 nitrogen and oxygen atoms in total. The topological polar surface area (TPSA) is 63.5 Å². The lowest BCUT2D eigenvalue weighted by molar-refractivity contribution is -0.158. The summed E-state index contributed by atoms with van der Waals surface area (Å²) in [6.07, 6.45) is -1.03. The van der Waals surface area contributed by atoms with E-state index in [9.17, 15) is 23.2 Å². The van der Waals surface area contributed by atoms with Gasteiger partial charge in [-0.15, -0.1) is 0 Å². The minimum absolute atomic E-state index is 0.158. The molecule has 9 heteroatoms. The first kappa shape index (κ1) is 17.5. The molecule has 2 aromatic rings. The summed E-state index contributed by atoms with van der Waals surface area (Å²) in [6, 6.07) is 8.16. The number of rotatable bonds is 3. The van der Waals surface area contributed by atoms with E-state index < -0.39 is 18.8 Å². The van der Waals surface area contributed by atoms with E-state index in [0.29, 0.717) is 5.69 Å². The van der Waals surface area contributed by atoms with Crippen LogP contribution < -0.4 is 4.90 Å². The van der Waals surface area contributed by atoms with Crippen molar-refractivity contribution < 1.29 is 18.0 Å². The second-order valence-corrected chi connectivity index (χ2v) is 6.79. The van der Waals surface area contributed by atoms with Gasteiger partial charge in [0, 0.05) is 30.1 Å². The maximum absolute atomic E-state index is 13.0. The third-order valence-corrected chi connectivity index (χ3v) is 4.97. The van der Waals surface area contributed by atoms with E-state index in [1.165, 1.54) is 14.7 Å². The standard InChI is InChI=1S/C18H16F3N5O/c19-18(20,21)11-24-8-14(9-24)25-10-13(5-22)26(17(25)27)16-7-23-6-12-3-1-2-4-15(12)16/h1-4,6-7,13-14H,8-11H2/t13-/m0/s1. The van der Waals surface area contributed by atoms with Gasteiger partial charge in [0.2, 0.25) is 0 Å². The van der Waals surface area contributed by atoms with E-state index in [1.54, 1.807) is 12.4 Å². The monoisotopic (exact) mass is 375 g/mol. The highest BCUT2D eigenvalue weighted by Gasteiger charge is 2.47. The summed E-state index contributed by atoms with van der Waals surface area (Å²) in [5, 5.41) is 11.2. The molecule has 1 atom stereocenters. The van der Waals surface area contributed by atoms with Crippen LogP contribution in [0.2, 0.25) is 0 Å². The van der Waals surface area contributed by atoms with Gasteiger partial charge in [0.05, 0.1) is 37.1 Å². The lowest BCUT2D eigenvalue weighted by Gasteiger charge is -2.43. The molecule has 2 aliphatic rings. The third-order valence-electron chi connectivity index (χ3n) is 4.97. The molecule has 1 aromatic carbocycles. The molecule has 27 heavy (non-hydrogen) atoms. The van der Waals surface area contributed by atoms with Crippen molar-refractivity contribution in [2.24, 2.45) is 0 Å². The van der Waals surface area contributed by atoms with Crippen LogP contribution in [0.5, 0.6) is 0 Å². The van der Waals surface area contributed by atoms with E-state index in [2.05, 4.69) is 11.1 Å². The lowest BCUT2D eigenvalue weighted by Crippen LogP contribution is -2.61. The predicted octanol–water partition coefficient (Wildman–Crippen LogP) is 2.62. The Hall–Kier alpha value is -2.86. The molecule has 0 aliphatic carbocycles. The maximum Gasteiger partial charge on any atom is 0.401 e. The normalized spacial score (nSPS) is 21.6. The fourth-order valence-electron chi connectivity index (χ4n) is 3.71. The van der Waals surface area contributed by atoms with Crippen molar-refractivity contribution in [3.8, 4) is 6.07 Å². The number of halogens is 3. The number of aromatic nitrogens is 1. The van der Waals surface area contributed by atoms with Crippen molar-refractivity contribution in [2.75, 3.05) is 31.1 Å². The zero-order valence-electron chi connectivity index (χ0n) is 14.2. The number of nitrogens with zero attached hydrogens (tertiary/aromatic N) is 5. The summed E-state index contributed by atoms with van der Waals surface area (Å²) >= 11 is 0. The number of benzene rings is 1. The molecule has 0 unspecified atom stereocenters. The highest BCUT2D eigenvalue weighted by Crippen LogP contribution is 2.33. The Bertz CT molecular complexity index is 914. The predicted molar refractivity (Wildman–Crippen MR) is 92.0 cm³/mol. The zero-order chi connectivity index (χ0) is 19.2. The molecular weight excluding hydrogens is 359 g/mol. The fourth-order valence-corrected chi connectivity index (χ4v) is 3.71. The Morgan fingerprint density at radius 3 is 2.63 bits per heavy atom. The van der Waals surface area contributed by atoms with Crippen molar-refractivity contribution in [3.05, 3.63) is 36.7 Å². The second kappa shape index (κ2) is 6.39. The van der Waals surface area contributed by atoms with Crippen LogP contribution >= 0.6 is 0 Å². The van der Waals surface area contributed by atoms with Crippen molar-refractivity contribution in [1.82, 2.24) is 14.8 Å². The number of nitriles is 1. The number of likely N-dealkylation sites (tertiary alicyclic amines) is 1. The molecule has 2 amide bonds. The Labute approximate surface area is 153 Å². The lowest BCUT2D eigenvalue weighted by atomic mass is 10.1. The number of hydrogen-bond acceptors (Lipinski definition) is 4. The van der Waals surface area contributed by atoms with Gasteiger partial charge in [-0.2, -0.15) is 18.4 Å². The summed E-state index contributed by atoms with van der Waals surface area (Å²) in [4.78, 5) is 21.3. The Balaban J connectivity index is 1.57. The van der Waals surface area contributed by atoms with Gasteiger partial charge in [-0.05, 0) is 0 Å². The molecule has 0 saturated carbocycles. The van der Waals surface area contributed by atoms with Crippen molar-refractivity contribution in [3.63, 3.8) is 0 Å². The summed E-state index contributed by atoms with van der Waals surface area (Å²) in [6.45, 7) is -0.497. The molecule has 3 heterocycles. The summed E-state index contributed by atoms with van der Waals surface area (Å²) in [7, 11) is 0. The smallest absolute Gasteiger partial charge is 0.316 e. The number of carbonyl (C=O) groups excluding carboxylic acids is 1. The summed E-state index contributed by atoms with van der Waals surface area (Å²) in [5.74, 6) is 0. The molecule has 2 fully saturated rings. The minimum atomic E-state index is -4.25. The number of pyridine rings is 1. The minimum Gasteiger partial charge on any atom is -0.316 e. The number of urea groups is 1. The molecule has 0 bridgehead atoms. The molecule has 0 spiro atoms. The first-order chi connectivity index (χ1) is 12.9. The first-order valence-electron chi connectivity index (χ1n) is 8.48. The van der Waals surface area contributed by atoms with Gasteiger partial charge in [-0.25, -0.2) is 4.79 Å². The SMILES string of the molecule is N#C[C@H]1CN(C2CN(CC(F)(F)F)C2)C(=O)N1c1cncc2ccccc12. The zero-order valence-corrected chi connectivity index (χ0v) is 14.2. The van der Waals surface area contributed by atoms with Crippen LogP contribution in [0.3, 0.4) is 0 Å². The van der Waals surface area contributed by atoms with Crippen LogP contribution in [0.25, 0.3) is 10.8 Å². The average Bonchev–Trinajstić information content (AvgIpc) is 2.92. The Morgan fingerprint density at radius 2 is 1.93 bits per heavy atom. The second-order valence-electron chi connectivity index (χ2n) is 6.79. The van der Waals surface area contributed by atoms with E-state index in [1.807, 2.05) is 24.3 Å². The van der Waals surface area contributed by atoms with Gasteiger partial charge in [0.15, 0.2) is 0 Å². The van der Waals surface area contributed by atoms with Crippen LogP contribution in [0.15, 0.2) is 36.7 Å². The number of carbonyl (C=O) groups is 1. The summed E-state index contributed by atoms with van der Waals surface area (Å²) < 4.78 is 37.4. The van der Waals surface area contributed by atoms with Crippen LogP contribution in [-0.2, 0) is 0 Å². The molecule has 0 radical (unpaired) electrons. The van der Waals surface area contributed by atoms with E-state index in [0.717, 1.165) is 10.8 Å². The average molecular weight is 375 g/mol. The molecule has 2 aliphatic heterocycles.